The first-order chi connectivity index (χ1) is 8.95. The van der Waals surface area contributed by atoms with Crippen LogP contribution in [0.3, 0.4) is 0 Å². The zero-order valence-electron chi connectivity index (χ0n) is 12.5. The predicted octanol–water partition coefficient (Wildman–Crippen LogP) is 1.63. The van der Waals surface area contributed by atoms with Gasteiger partial charge in [0.05, 0.1) is 6.04 Å². The van der Waals surface area contributed by atoms with E-state index < -0.39 is 6.03 Å². The summed E-state index contributed by atoms with van der Waals surface area (Å²) in [7, 11) is 0. The maximum absolute atomic E-state index is 11.9. The Morgan fingerprint density at radius 2 is 1.95 bits per heavy atom. The largest absolute Gasteiger partial charge is 0.338 e. The second-order valence-electron chi connectivity index (χ2n) is 5.61. The molecule has 0 bridgehead atoms. The summed E-state index contributed by atoms with van der Waals surface area (Å²) in [6, 6.07) is -0.412. The third-order valence-corrected chi connectivity index (χ3v) is 4.14. The van der Waals surface area contributed by atoms with Crippen LogP contribution in [0.15, 0.2) is 0 Å². The van der Waals surface area contributed by atoms with Crippen LogP contribution < -0.4 is 16.0 Å². The van der Waals surface area contributed by atoms with Gasteiger partial charge < -0.3 is 10.6 Å². The number of nitrogens with one attached hydrogen (secondary N) is 3. The molecule has 0 saturated heterocycles. The Kier molecular flexibility index (Phi) is 6.28. The van der Waals surface area contributed by atoms with Crippen LogP contribution >= 0.6 is 0 Å². The van der Waals surface area contributed by atoms with Crippen molar-refractivity contribution in [2.45, 2.75) is 59.0 Å². The summed E-state index contributed by atoms with van der Waals surface area (Å²) < 4.78 is 0. The van der Waals surface area contributed by atoms with E-state index in [1.54, 1.807) is 6.92 Å². The third kappa shape index (κ3) is 4.82. The Bertz CT molecular complexity index is 320. The minimum Gasteiger partial charge on any atom is -0.338 e. The van der Waals surface area contributed by atoms with Gasteiger partial charge in [-0.25, -0.2) is 4.79 Å². The Morgan fingerprint density at radius 1 is 1.26 bits per heavy atom. The van der Waals surface area contributed by atoms with Gasteiger partial charge in [0, 0.05) is 12.6 Å². The van der Waals surface area contributed by atoms with E-state index in [4.69, 9.17) is 0 Å². The molecule has 0 aromatic carbocycles. The lowest BCUT2D eigenvalue weighted by Gasteiger charge is -2.36. The fourth-order valence-electron chi connectivity index (χ4n) is 2.64. The molecule has 3 amide bonds. The summed E-state index contributed by atoms with van der Waals surface area (Å²) in [5.41, 5.74) is 0. The van der Waals surface area contributed by atoms with Gasteiger partial charge in [0.2, 0.25) is 5.91 Å². The summed E-state index contributed by atoms with van der Waals surface area (Å²) in [4.78, 5) is 23.2. The normalized spacial score (nSPS) is 28.5. The molecule has 3 N–H and O–H groups in total. The minimum absolute atomic E-state index is 0.267. The minimum atomic E-state index is -0.425. The molecule has 0 aromatic heterocycles. The average molecular weight is 269 g/mol. The van der Waals surface area contributed by atoms with Crippen molar-refractivity contribution in [2.24, 2.45) is 11.8 Å². The van der Waals surface area contributed by atoms with E-state index in [1.807, 2.05) is 6.92 Å². The van der Waals surface area contributed by atoms with Gasteiger partial charge in [-0.05, 0) is 32.1 Å². The van der Waals surface area contributed by atoms with Crippen molar-refractivity contribution in [1.82, 2.24) is 16.0 Å². The molecule has 0 heterocycles. The average Bonchev–Trinajstić information content (AvgIpc) is 2.35. The zero-order valence-corrected chi connectivity index (χ0v) is 12.5. The highest BCUT2D eigenvalue weighted by atomic mass is 16.2. The van der Waals surface area contributed by atoms with Gasteiger partial charge in [-0.3, -0.25) is 10.1 Å². The Balaban J connectivity index is 2.42. The molecule has 4 unspecified atom stereocenters. The van der Waals surface area contributed by atoms with Gasteiger partial charge in [0.1, 0.15) is 0 Å². The molecule has 5 heteroatoms. The molecule has 1 saturated carbocycles. The van der Waals surface area contributed by atoms with E-state index in [0.717, 1.165) is 6.42 Å². The van der Waals surface area contributed by atoms with Crippen LogP contribution in [0.4, 0.5) is 4.79 Å². The van der Waals surface area contributed by atoms with Crippen molar-refractivity contribution >= 4 is 11.9 Å². The highest BCUT2D eigenvalue weighted by Crippen LogP contribution is 2.29. The first kappa shape index (κ1) is 16.0. The molecule has 0 aliphatic heterocycles. The van der Waals surface area contributed by atoms with Crippen molar-refractivity contribution in [3.8, 4) is 0 Å². The Morgan fingerprint density at radius 3 is 2.58 bits per heavy atom. The highest BCUT2D eigenvalue weighted by Gasteiger charge is 2.29. The first-order valence-electron chi connectivity index (χ1n) is 7.30. The SMILES string of the molecule is CCNC(=O)NC(=O)C(C)NC1CCCC(C)C1C. The topological polar surface area (TPSA) is 70.2 Å². The van der Waals surface area contributed by atoms with Crippen molar-refractivity contribution in [2.75, 3.05) is 6.54 Å². The van der Waals surface area contributed by atoms with Crippen LogP contribution in [0.25, 0.3) is 0 Å². The predicted molar refractivity (Wildman–Crippen MR) is 75.8 cm³/mol. The van der Waals surface area contributed by atoms with Gasteiger partial charge in [-0.2, -0.15) is 0 Å². The fourth-order valence-corrected chi connectivity index (χ4v) is 2.64. The molecule has 1 fully saturated rings. The number of imide groups is 1. The third-order valence-electron chi connectivity index (χ3n) is 4.14. The number of amides is 3. The summed E-state index contributed by atoms with van der Waals surface area (Å²) >= 11 is 0. The fraction of sp³-hybridized carbons (Fsp3) is 0.857. The Labute approximate surface area is 115 Å². The molecule has 1 rings (SSSR count). The number of carbonyl (C=O) groups excluding carboxylic acids is 2. The molecular formula is C14H27N3O2. The number of rotatable bonds is 4. The van der Waals surface area contributed by atoms with Crippen molar-refractivity contribution in [3.05, 3.63) is 0 Å². The monoisotopic (exact) mass is 269 g/mol. The molecule has 0 aromatic rings. The number of carbonyl (C=O) groups is 2. The van der Waals surface area contributed by atoms with Crippen LogP contribution in [0.2, 0.25) is 0 Å². The van der Waals surface area contributed by atoms with Crippen molar-refractivity contribution in [1.29, 1.82) is 0 Å². The van der Waals surface area contributed by atoms with Gasteiger partial charge >= 0.3 is 6.03 Å². The highest BCUT2D eigenvalue weighted by molar-refractivity contribution is 5.96. The Hall–Kier alpha value is -1.10. The molecule has 19 heavy (non-hydrogen) atoms. The molecule has 1 aliphatic rings. The van der Waals surface area contributed by atoms with E-state index in [1.165, 1.54) is 12.8 Å². The standard InChI is InChI=1S/C14H27N3O2/c1-5-15-14(19)17-13(18)11(4)16-12-8-6-7-9(2)10(12)3/h9-12,16H,5-8H2,1-4H3,(H2,15,17,18,19). The smallest absolute Gasteiger partial charge is 0.321 e. The summed E-state index contributed by atoms with van der Waals surface area (Å²) in [5, 5.41) is 8.25. The van der Waals surface area contributed by atoms with Crippen LogP contribution in [0, 0.1) is 11.8 Å². The lowest BCUT2D eigenvalue weighted by molar-refractivity contribution is -0.122. The van der Waals surface area contributed by atoms with E-state index in [-0.39, 0.29) is 11.9 Å². The second-order valence-corrected chi connectivity index (χ2v) is 5.61. The second kappa shape index (κ2) is 7.48. The number of hydrogen-bond acceptors (Lipinski definition) is 3. The summed E-state index contributed by atoms with van der Waals surface area (Å²) in [6.07, 6.45) is 3.57. The first-order valence-corrected chi connectivity index (χ1v) is 7.30. The van der Waals surface area contributed by atoms with Crippen LogP contribution in [0.1, 0.15) is 47.0 Å². The number of hydrogen-bond donors (Lipinski definition) is 3. The molecule has 0 spiro atoms. The lowest BCUT2D eigenvalue weighted by atomic mass is 9.78. The van der Waals surface area contributed by atoms with Gasteiger partial charge in [0.25, 0.3) is 0 Å². The maximum atomic E-state index is 11.9. The zero-order chi connectivity index (χ0) is 14.4. The van der Waals surface area contributed by atoms with E-state index in [0.29, 0.717) is 24.4 Å². The molecule has 110 valence electrons. The van der Waals surface area contributed by atoms with Gasteiger partial charge in [-0.15, -0.1) is 0 Å². The molecular weight excluding hydrogens is 242 g/mol. The quantitative estimate of drug-likeness (QED) is 0.726. The number of urea groups is 1. The van der Waals surface area contributed by atoms with Crippen LogP contribution in [0.5, 0.6) is 0 Å². The van der Waals surface area contributed by atoms with E-state index >= 15 is 0 Å². The molecule has 0 radical (unpaired) electrons. The van der Waals surface area contributed by atoms with E-state index in [2.05, 4.69) is 29.8 Å². The molecule has 5 nitrogen and oxygen atoms in total. The van der Waals surface area contributed by atoms with Crippen molar-refractivity contribution in [3.63, 3.8) is 0 Å². The molecule has 4 atom stereocenters. The summed E-state index contributed by atoms with van der Waals surface area (Å²) in [6.45, 7) is 8.63. The van der Waals surface area contributed by atoms with Crippen molar-refractivity contribution < 1.29 is 9.59 Å². The van der Waals surface area contributed by atoms with Gasteiger partial charge in [-0.1, -0.05) is 26.7 Å². The van der Waals surface area contributed by atoms with Crippen LogP contribution in [-0.4, -0.2) is 30.6 Å². The van der Waals surface area contributed by atoms with Crippen LogP contribution in [-0.2, 0) is 4.79 Å². The van der Waals surface area contributed by atoms with E-state index in [9.17, 15) is 9.59 Å². The lowest BCUT2D eigenvalue weighted by Crippen LogP contribution is -2.53. The summed E-state index contributed by atoms with van der Waals surface area (Å²) in [5.74, 6) is 0.981. The van der Waals surface area contributed by atoms with Gasteiger partial charge in [0.15, 0.2) is 0 Å². The maximum Gasteiger partial charge on any atom is 0.321 e. The molecule has 1 aliphatic carbocycles.